The molecule has 0 spiro atoms. The minimum atomic E-state index is -0.193. The Morgan fingerprint density at radius 3 is 2.07 bits per heavy atom. The van der Waals surface area contributed by atoms with E-state index in [1.54, 1.807) is 0 Å². The van der Waals surface area contributed by atoms with Crippen molar-refractivity contribution in [2.75, 3.05) is 27.7 Å². The first-order valence-corrected chi connectivity index (χ1v) is 9.35. The van der Waals surface area contributed by atoms with E-state index in [1.165, 1.54) is 5.56 Å². The van der Waals surface area contributed by atoms with Gasteiger partial charge in [-0.05, 0) is 30.5 Å². The zero-order valence-electron chi connectivity index (χ0n) is 19.1. The summed E-state index contributed by atoms with van der Waals surface area (Å²) in [4.78, 5) is 2.13. The molecule has 0 radical (unpaired) electrons. The molecule has 7 heteroatoms. The normalized spacial score (nSPS) is 11.3. The number of halogens is 1. The van der Waals surface area contributed by atoms with E-state index in [0.717, 1.165) is 25.8 Å². The number of nitrogens with zero attached hydrogens (tertiary/aromatic N) is 3. The van der Waals surface area contributed by atoms with E-state index in [0.29, 0.717) is 5.69 Å². The maximum Gasteiger partial charge on any atom is 2.00 e. The SMILES string of the molecule is CN(C)CC[n+]1[c-]n(-c2cc(C(C)(C)C)cc(C(C)(C)C)c2[O-])cc1.CO.[Cl-].[Pd+2]. The second-order valence-electron chi connectivity index (χ2n) is 9.14. The van der Waals surface area contributed by atoms with Gasteiger partial charge in [-0.25, -0.2) is 0 Å². The van der Waals surface area contributed by atoms with Crippen molar-refractivity contribution in [3.8, 4) is 11.4 Å². The molecule has 5 nitrogen and oxygen atoms in total. The van der Waals surface area contributed by atoms with Gasteiger partial charge in [-0.3, -0.25) is 0 Å². The van der Waals surface area contributed by atoms with Crippen LogP contribution in [-0.2, 0) is 37.8 Å². The van der Waals surface area contributed by atoms with Crippen LogP contribution in [0.15, 0.2) is 24.5 Å². The van der Waals surface area contributed by atoms with Crippen molar-refractivity contribution in [1.82, 2.24) is 9.47 Å². The Balaban J connectivity index is 0. The van der Waals surface area contributed by atoms with Gasteiger partial charge in [-0.1, -0.05) is 59.2 Å². The summed E-state index contributed by atoms with van der Waals surface area (Å²) in [5, 5.41) is 20.1. The molecule has 0 bridgehead atoms. The summed E-state index contributed by atoms with van der Waals surface area (Å²) < 4.78 is 3.84. The average Bonchev–Trinajstić information content (AvgIpc) is 3.01. The van der Waals surface area contributed by atoms with E-state index < -0.39 is 0 Å². The minimum absolute atomic E-state index is 0. The molecule has 0 aliphatic rings. The van der Waals surface area contributed by atoms with Crippen LogP contribution in [0.4, 0.5) is 0 Å². The summed E-state index contributed by atoms with van der Waals surface area (Å²) >= 11 is 0. The second kappa shape index (κ2) is 12.1. The molecule has 0 aliphatic carbocycles. The van der Waals surface area contributed by atoms with Crippen LogP contribution in [0.5, 0.6) is 5.75 Å². The Labute approximate surface area is 196 Å². The van der Waals surface area contributed by atoms with Crippen molar-refractivity contribution in [2.45, 2.75) is 58.9 Å². The van der Waals surface area contributed by atoms with Gasteiger partial charge in [0.05, 0.1) is 6.54 Å². The van der Waals surface area contributed by atoms with Crippen LogP contribution in [0, 0.1) is 6.33 Å². The number of aromatic nitrogens is 2. The Hall–Kier alpha value is -0.898. The molecule has 2 aromatic rings. The number of hydrogen-bond donors (Lipinski definition) is 1. The molecular weight excluding hydrogens is 480 g/mol. The first-order valence-electron chi connectivity index (χ1n) is 9.35. The number of benzene rings is 1. The minimum Gasteiger partial charge on any atom is -1.00 e. The zero-order chi connectivity index (χ0) is 21.0. The van der Waals surface area contributed by atoms with Crippen LogP contribution in [0.2, 0.25) is 0 Å². The summed E-state index contributed by atoms with van der Waals surface area (Å²) in [6.45, 7) is 14.6. The Kier molecular flexibility index (Phi) is 12.6. The van der Waals surface area contributed by atoms with Crippen LogP contribution in [0.25, 0.3) is 5.69 Å². The summed E-state index contributed by atoms with van der Waals surface area (Å²) in [7, 11) is 5.10. The predicted molar refractivity (Wildman–Crippen MR) is 108 cm³/mol. The molecule has 1 aromatic carbocycles. The summed E-state index contributed by atoms with van der Waals surface area (Å²) in [5.41, 5.74) is 2.50. The summed E-state index contributed by atoms with van der Waals surface area (Å²) in [6, 6.07) is 4.10. The van der Waals surface area contributed by atoms with Gasteiger partial charge in [0.1, 0.15) is 0 Å². The molecule has 1 aromatic heterocycles. The van der Waals surface area contributed by atoms with Gasteiger partial charge in [-0.2, -0.15) is 0 Å². The van der Waals surface area contributed by atoms with Crippen molar-refractivity contribution in [1.29, 1.82) is 0 Å². The molecule has 0 fully saturated rings. The van der Waals surface area contributed by atoms with Gasteiger partial charge < -0.3 is 36.7 Å². The molecule has 2 rings (SSSR count). The summed E-state index contributed by atoms with van der Waals surface area (Å²) in [6.07, 6.45) is 7.19. The maximum absolute atomic E-state index is 13.1. The van der Waals surface area contributed by atoms with E-state index in [2.05, 4.69) is 72.9 Å². The average molecular weight is 516 g/mol. The van der Waals surface area contributed by atoms with Crippen LogP contribution < -0.4 is 22.1 Å². The van der Waals surface area contributed by atoms with Crippen molar-refractivity contribution in [3.63, 3.8) is 0 Å². The molecule has 1 heterocycles. The first-order chi connectivity index (χ1) is 12.4. The van der Waals surface area contributed by atoms with Gasteiger partial charge in [0.2, 0.25) is 6.33 Å². The molecule has 0 unspecified atom stereocenters. The molecule has 0 atom stereocenters. The fourth-order valence-electron chi connectivity index (χ4n) is 2.70. The number of likely N-dealkylation sites (N-methyl/N-ethyl adjacent to an activating group) is 1. The largest absolute Gasteiger partial charge is 2.00 e. The van der Waals surface area contributed by atoms with E-state index in [1.807, 2.05) is 27.6 Å². The van der Waals surface area contributed by atoms with Crippen molar-refractivity contribution in [3.05, 3.63) is 42.0 Å². The Morgan fingerprint density at radius 1 is 1.07 bits per heavy atom. The topological polar surface area (TPSA) is 55.3 Å². The van der Waals surface area contributed by atoms with E-state index in [4.69, 9.17) is 5.11 Å². The molecule has 1 N–H and O–H groups in total. The van der Waals surface area contributed by atoms with Gasteiger partial charge in [0.15, 0.2) is 0 Å². The number of aliphatic hydroxyl groups excluding tert-OH is 1. The van der Waals surface area contributed by atoms with Gasteiger partial charge in [-0.15, -0.1) is 5.75 Å². The predicted octanol–water partition coefficient (Wildman–Crippen LogP) is -0.595. The quantitative estimate of drug-likeness (QED) is 0.336. The second-order valence-corrected chi connectivity index (χ2v) is 9.14. The monoisotopic (exact) mass is 515 g/mol. The first kappa shape index (κ1) is 30.3. The molecule has 0 amide bonds. The zero-order valence-corrected chi connectivity index (χ0v) is 21.4. The van der Waals surface area contributed by atoms with Gasteiger partial charge in [0, 0.05) is 31.7 Å². The molecule has 29 heavy (non-hydrogen) atoms. The van der Waals surface area contributed by atoms with Crippen molar-refractivity contribution >= 4 is 0 Å². The van der Waals surface area contributed by atoms with Gasteiger partial charge in [0.25, 0.3) is 0 Å². The van der Waals surface area contributed by atoms with E-state index in [9.17, 15) is 5.11 Å². The molecule has 0 aliphatic heterocycles. The van der Waals surface area contributed by atoms with Crippen molar-refractivity contribution < 1.29 is 47.6 Å². The Morgan fingerprint density at radius 2 is 1.62 bits per heavy atom. The standard InChI is InChI=1S/C21H33N3O.CH4O.ClH.Pd/c1-20(2,3)16-13-17(21(4,5)6)19(25)18(14-16)24-12-11-23(15-24)10-9-22(7)8;1-2;;/h11-14,25H,9-10H2,1-8H3;2H,1H3;1H;/q;;;+2/p-2. The number of rotatable bonds is 4. The Bertz CT molecular complexity index is 747. The number of aliphatic hydroxyl groups is 1. The van der Waals surface area contributed by atoms with Crippen LogP contribution >= 0.6 is 0 Å². The third-order valence-electron chi connectivity index (χ3n) is 4.42. The maximum atomic E-state index is 13.1. The number of hydrogen-bond acceptors (Lipinski definition) is 3. The molecule has 168 valence electrons. The molecular formula is C22H36ClN3O2Pd. The third kappa shape index (κ3) is 8.40. The number of imidazole rings is 1. The molecule has 0 saturated heterocycles. The molecule has 0 saturated carbocycles. The van der Waals surface area contributed by atoms with Crippen LogP contribution in [0.3, 0.4) is 0 Å². The van der Waals surface area contributed by atoms with Crippen LogP contribution in [-0.4, -0.2) is 42.3 Å². The van der Waals surface area contributed by atoms with E-state index in [-0.39, 0.29) is 49.4 Å². The summed E-state index contributed by atoms with van der Waals surface area (Å²) in [5.74, 6) is 0.0899. The van der Waals surface area contributed by atoms with Crippen LogP contribution in [0.1, 0.15) is 52.7 Å². The fourth-order valence-corrected chi connectivity index (χ4v) is 2.70. The fraction of sp³-hybridized carbons (Fsp3) is 0.591. The van der Waals surface area contributed by atoms with Gasteiger partial charge >= 0.3 is 20.4 Å². The smallest absolute Gasteiger partial charge is 1.00 e. The van der Waals surface area contributed by atoms with Crippen molar-refractivity contribution in [2.24, 2.45) is 0 Å². The third-order valence-corrected chi connectivity index (χ3v) is 4.42. The van der Waals surface area contributed by atoms with E-state index >= 15 is 0 Å².